The number of urea groups is 1. The van der Waals surface area contributed by atoms with Crippen molar-refractivity contribution in [3.8, 4) is 22.8 Å². The summed E-state index contributed by atoms with van der Waals surface area (Å²) in [6, 6.07) is 17.5. The highest BCUT2D eigenvalue weighted by molar-refractivity contribution is 6.05. The number of hydrogen-bond donors (Lipinski definition) is 2. The lowest BCUT2D eigenvalue weighted by Gasteiger charge is -2.22. The number of primary amides is 1. The van der Waals surface area contributed by atoms with E-state index in [1.165, 1.54) is 54.6 Å². The van der Waals surface area contributed by atoms with Crippen LogP contribution in [-0.4, -0.2) is 35.1 Å². The van der Waals surface area contributed by atoms with E-state index < -0.39 is 40.8 Å². The highest BCUT2D eigenvalue weighted by Crippen LogP contribution is 2.36. The molecule has 3 N–H and O–H groups in total. The molecule has 4 aromatic carbocycles. The van der Waals surface area contributed by atoms with Crippen LogP contribution >= 0.6 is 0 Å². The number of aromatic nitrogens is 6. The number of anilines is 4. The van der Waals surface area contributed by atoms with Gasteiger partial charge in [0.1, 0.15) is 63.4 Å². The van der Waals surface area contributed by atoms with Gasteiger partial charge in [-0.25, -0.2) is 56.0 Å². The molecule has 0 saturated carbocycles. The van der Waals surface area contributed by atoms with Crippen molar-refractivity contribution >= 4 is 51.1 Å². The Balaban J connectivity index is 0.000000175. The van der Waals surface area contributed by atoms with E-state index in [4.69, 9.17) is 5.73 Å². The number of halogens is 6. The Morgan fingerprint density at radius 1 is 0.632 bits per heavy atom. The zero-order valence-electron chi connectivity index (χ0n) is 30.6. The van der Waals surface area contributed by atoms with Crippen LogP contribution in [0.2, 0.25) is 0 Å². The summed E-state index contributed by atoms with van der Waals surface area (Å²) >= 11 is 0. The lowest BCUT2D eigenvalue weighted by atomic mass is 10.1. The number of benzene rings is 4. The van der Waals surface area contributed by atoms with Gasteiger partial charge in [-0.05, 0) is 97.8 Å². The molecule has 288 valence electrons. The van der Waals surface area contributed by atoms with Gasteiger partial charge in [-0.15, -0.1) is 0 Å². The van der Waals surface area contributed by atoms with E-state index in [1.54, 1.807) is 60.6 Å². The molecule has 57 heavy (non-hydrogen) atoms. The lowest BCUT2D eigenvalue weighted by Crippen LogP contribution is -2.34. The average molecular weight is 780 g/mol. The summed E-state index contributed by atoms with van der Waals surface area (Å²) < 4.78 is 87.6. The predicted octanol–water partition coefficient (Wildman–Crippen LogP) is 9.68. The molecule has 0 saturated heterocycles. The van der Waals surface area contributed by atoms with Crippen LogP contribution in [0, 0.1) is 48.8 Å². The van der Waals surface area contributed by atoms with Gasteiger partial charge in [0.05, 0.1) is 10.8 Å². The number of hydrogen-bond acceptors (Lipinski definition) is 6. The van der Waals surface area contributed by atoms with Crippen LogP contribution in [0.5, 0.6) is 0 Å². The van der Waals surface area contributed by atoms with Crippen molar-refractivity contribution < 1.29 is 31.1 Å². The van der Waals surface area contributed by atoms with Gasteiger partial charge in [-0.2, -0.15) is 0 Å². The molecule has 0 spiro atoms. The third-order valence-electron chi connectivity index (χ3n) is 9.09. The highest BCUT2D eigenvalue weighted by Gasteiger charge is 2.28. The van der Waals surface area contributed by atoms with E-state index in [-0.39, 0.29) is 29.0 Å². The number of nitrogens with one attached hydrogen (secondary N) is 1. The van der Waals surface area contributed by atoms with Crippen LogP contribution in [0.25, 0.3) is 44.8 Å². The van der Waals surface area contributed by atoms with Gasteiger partial charge in [-0.3, -0.25) is 0 Å². The monoisotopic (exact) mass is 779 g/mol. The van der Waals surface area contributed by atoms with Gasteiger partial charge < -0.3 is 20.2 Å². The van der Waals surface area contributed by atoms with Crippen LogP contribution in [0.1, 0.15) is 11.1 Å². The van der Waals surface area contributed by atoms with Crippen molar-refractivity contribution in [2.45, 2.75) is 13.8 Å². The first-order valence-electron chi connectivity index (χ1n) is 17.2. The molecule has 4 aromatic heterocycles. The minimum atomic E-state index is -1.12. The molecule has 0 aliphatic rings. The van der Waals surface area contributed by atoms with Gasteiger partial charge in [0, 0.05) is 37.6 Å². The maximum absolute atomic E-state index is 14.5. The normalized spacial score (nSPS) is 11.1. The quantitative estimate of drug-likeness (QED) is 0.162. The summed E-state index contributed by atoms with van der Waals surface area (Å²) in [4.78, 5) is 30.9. The average Bonchev–Trinajstić information content (AvgIpc) is 3.73. The van der Waals surface area contributed by atoms with Crippen molar-refractivity contribution in [3.05, 3.63) is 143 Å². The molecule has 8 aromatic rings. The molecule has 0 fully saturated rings. The Morgan fingerprint density at radius 2 is 1.11 bits per heavy atom. The van der Waals surface area contributed by atoms with E-state index in [2.05, 4.69) is 25.3 Å². The third-order valence-corrected chi connectivity index (χ3v) is 9.09. The van der Waals surface area contributed by atoms with Crippen molar-refractivity contribution in [2.24, 2.45) is 19.8 Å². The lowest BCUT2D eigenvalue weighted by molar-refractivity contribution is 0.255. The Morgan fingerprint density at radius 3 is 1.61 bits per heavy atom. The largest absolute Gasteiger partial charge is 0.351 e. The second-order valence-corrected chi connectivity index (χ2v) is 13.0. The van der Waals surface area contributed by atoms with Gasteiger partial charge in [0.2, 0.25) is 0 Å². The molecule has 8 rings (SSSR count). The molecule has 2 amide bonds. The summed E-state index contributed by atoms with van der Waals surface area (Å²) in [7, 11) is 3.53. The van der Waals surface area contributed by atoms with E-state index >= 15 is 0 Å². The topological polar surface area (TPSA) is 120 Å². The number of carbonyl (C=O) groups excluding carboxylic acids is 1. The van der Waals surface area contributed by atoms with Crippen molar-refractivity contribution in [3.63, 3.8) is 0 Å². The van der Waals surface area contributed by atoms with Gasteiger partial charge in [0.25, 0.3) is 0 Å². The SMILES string of the molecule is Cc1cc(F)ccc1-c1nc(N(C(N)=O)c2c(F)cccc2F)c2ccn(C)c2n1.Cc1cc(F)ccc1-c1nc(Nc2c(F)cccc2F)c2ccn(C)c2n1. The van der Waals surface area contributed by atoms with Crippen LogP contribution in [0.15, 0.2) is 97.3 Å². The Bertz CT molecular complexity index is 2820. The maximum atomic E-state index is 14.5. The minimum Gasteiger partial charge on any atom is -0.351 e. The molecule has 0 atom stereocenters. The van der Waals surface area contributed by atoms with Crippen LogP contribution in [-0.2, 0) is 14.1 Å². The molecule has 0 radical (unpaired) electrons. The fourth-order valence-corrected chi connectivity index (χ4v) is 6.28. The third kappa shape index (κ3) is 7.31. The minimum absolute atomic E-state index is 0.0872. The molecular formula is C41H31F6N9O. The molecule has 4 heterocycles. The number of nitrogens with two attached hydrogens (primary N) is 1. The van der Waals surface area contributed by atoms with Gasteiger partial charge in [0.15, 0.2) is 17.5 Å². The van der Waals surface area contributed by atoms with Crippen LogP contribution < -0.4 is 16.0 Å². The summed E-state index contributed by atoms with van der Waals surface area (Å²) in [6.07, 6.45) is 3.45. The molecule has 16 heteroatoms. The number of carbonyl (C=O) groups is 1. The first kappa shape index (κ1) is 38.1. The maximum Gasteiger partial charge on any atom is 0.325 e. The fraction of sp³-hybridized carbons (Fsp3) is 0.0976. The number of nitrogens with zero attached hydrogens (tertiary/aromatic N) is 7. The Hall–Kier alpha value is -7.23. The molecule has 0 bridgehead atoms. The van der Waals surface area contributed by atoms with Crippen molar-refractivity contribution in [1.82, 2.24) is 29.1 Å². The predicted molar refractivity (Wildman–Crippen MR) is 205 cm³/mol. The van der Waals surface area contributed by atoms with Crippen LogP contribution in [0.4, 0.5) is 54.1 Å². The molecule has 0 unspecified atom stereocenters. The zero-order valence-corrected chi connectivity index (χ0v) is 30.6. The van der Waals surface area contributed by atoms with E-state index in [0.717, 1.165) is 12.1 Å². The van der Waals surface area contributed by atoms with Crippen molar-refractivity contribution in [2.75, 3.05) is 10.2 Å². The summed E-state index contributed by atoms with van der Waals surface area (Å²) in [5, 5.41) is 3.73. The summed E-state index contributed by atoms with van der Waals surface area (Å²) in [5.41, 5.74) is 7.92. The van der Waals surface area contributed by atoms with E-state index in [0.29, 0.717) is 55.0 Å². The smallest absolute Gasteiger partial charge is 0.325 e. The first-order chi connectivity index (χ1) is 27.2. The standard InChI is InChI=1S/C21H16F3N5O.C20H15F3N4/c1-11-10-12(22)6-7-13(11)18-26-19-14(8-9-28(19)2)20(27-18)29(21(25)30)17-15(23)4-3-5-16(17)24;1-11-10-12(21)6-7-13(11)18-25-19(14-8-9-27(2)20(14)26-18)24-17-15(22)4-3-5-16(17)23/h3-10H,1-2H3,(H2,25,30);3-10H,1-2H3,(H,24,25,26). The van der Waals surface area contributed by atoms with Crippen molar-refractivity contribution in [1.29, 1.82) is 0 Å². The summed E-state index contributed by atoms with van der Waals surface area (Å²) in [6.45, 7) is 3.43. The highest BCUT2D eigenvalue weighted by atomic mass is 19.2. The number of rotatable bonds is 6. The van der Waals surface area contributed by atoms with Gasteiger partial charge >= 0.3 is 6.03 Å². The molecule has 0 aliphatic carbocycles. The van der Waals surface area contributed by atoms with E-state index in [9.17, 15) is 31.1 Å². The number of fused-ring (bicyclic) bond motifs is 2. The number of para-hydroxylation sites is 2. The number of aryl methyl sites for hydroxylation is 4. The molecule has 10 nitrogen and oxygen atoms in total. The molecule has 0 aliphatic heterocycles. The number of amides is 2. The summed E-state index contributed by atoms with van der Waals surface area (Å²) in [5.74, 6) is -3.52. The first-order valence-corrected chi connectivity index (χ1v) is 17.2. The second-order valence-electron chi connectivity index (χ2n) is 13.0. The Labute approximate surface area is 320 Å². The van der Waals surface area contributed by atoms with Gasteiger partial charge in [-0.1, -0.05) is 12.1 Å². The van der Waals surface area contributed by atoms with E-state index in [1.807, 2.05) is 7.05 Å². The van der Waals surface area contributed by atoms with Crippen LogP contribution in [0.3, 0.4) is 0 Å². The zero-order chi connectivity index (χ0) is 40.7. The second kappa shape index (κ2) is 15.1. The Kier molecular flexibility index (Phi) is 10.1. The fourth-order valence-electron chi connectivity index (χ4n) is 6.28. The molecular weight excluding hydrogens is 749 g/mol.